The predicted molar refractivity (Wildman–Crippen MR) is 102 cm³/mol. The molecule has 4 nitrogen and oxygen atoms in total. The Kier molecular flexibility index (Phi) is 5.85. The van der Waals surface area contributed by atoms with Crippen LogP contribution < -0.4 is 0 Å². The van der Waals surface area contributed by atoms with Gasteiger partial charge >= 0.3 is 5.97 Å². The first kappa shape index (κ1) is 19.4. The third-order valence-corrected chi connectivity index (χ3v) is 5.70. The molecule has 0 saturated heterocycles. The summed E-state index contributed by atoms with van der Waals surface area (Å²) in [4.78, 5) is 12.0. The average molecular weight is 423 g/mol. The fraction of sp³-hybridized carbons (Fsp3) is 0.211. The number of sulfone groups is 1. The molecule has 25 heavy (non-hydrogen) atoms. The van der Waals surface area contributed by atoms with E-state index >= 15 is 0 Å². The van der Waals surface area contributed by atoms with Gasteiger partial charge in [-0.25, -0.2) is 8.42 Å². The van der Waals surface area contributed by atoms with Gasteiger partial charge in [-0.1, -0.05) is 46.8 Å². The molecular weight excluding hydrogens is 404 g/mol. The Labute approximate surface area is 156 Å². The molecule has 0 aliphatic carbocycles. The second-order valence-corrected chi connectivity index (χ2v) is 8.98. The molecule has 0 heterocycles. The average Bonchev–Trinajstić information content (AvgIpc) is 2.54. The number of ether oxygens (including phenoxy) is 1. The molecule has 6 heteroatoms. The number of rotatable bonds is 6. The summed E-state index contributed by atoms with van der Waals surface area (Å²) in [5.74, 6) is -1.51. The fourth-order valence-electron chi connectivity index (χ4n) is 2.10. The van der Waals surface area contributed by atoms with Crippen molar-refractivity contribution in [2.45, 2.75) is 24.3 Å². The minimum Gasteiger partial charge on any atom is -0.455 e. The highest BCUT2D eigenvalue weighted by Crippen LogP contribution is 2.24. The van der Waals surface area contributed by atoms with E-state index in [1.165, 1.54) is 18.2 Å². The molecule has 0 spiro atoms. The van der Waals surface area contributed by atoms with Crippen molar-refractivity contribution in [1.82, 2.24) is 0 Å². The number of benzene rings is 2. The fourth-order valence-corrected chi connectivity index (χ4v) is 3.45. The first-order valence-corrected chi connectivity index (χ1v) is 10.0. The van der Waals surface area contributed by atoms with Crippen LogP contribution in [0.4, 0.5) is 0 Å². The molecule has 132 valence electrons. The third kappa shape index (κ3) is 5.28. The monoisotopic (exact) mass is 422 g/mol. The van der Waals surface area contributed by atoms with Gasteiger partial charge < -0.3 is 4.74 Å². The molecule has 0 radical (unpaired) electrons. The number of carbonyl (C=O) groups excluding carboxylic acids is 1. The van der Waals surface area contributed by atoms with Gasteiger partial charge in [0.2, 0.25) is 0 Å². The van der Waals surface area contributed by atoms with Gasteiger partial charge in [0.05, 0.1) is 4.90 Å². The van der Waals surface area contributed by atoms with Gasteiger partial charge in [0.1, 0.15) is 5.60 Å². The Balaban J connectivity index is 2.16. The summed E-state index contributed by atoms with van der Waals surface area (Å²) in [5, 5.41) is 0. The van der Waals surface area contributed by atoms with Crippen LogP contribution in [-0.4, -0.2) is 25.7 Å². The van der Waals surface area contributed by atoms with Crippen molar-refractivity contribution in [3.05, 3.63) is 65.7 Å². The second-order valence-electron chi connectivity index (χ2n) is 6.07. The molecule has 0 N–H and O–H groups in total. The van der Waals surface area contributed by atoms with Crippen LogP contribution in [-0.2, 0) is 19.4 Å². The summed E-state index contributed by atoms with van der Waals surface area (Å²) in [6, 6.07) is 14.1. The topological polar surface area (TPSA) is 60.4 Å². The molecule has 0 amide bonds. The number of hydrogen-bond acceptors (Lipinski definition) is 4. The van der Waals surface area contributed by atoms with E-state index in [1.54, 1.807) is 26.0 Å². The van der Waals surface area contributed by atoms with Crippen molar-refractivity contribution in [1.29, 1.82) is 0 Å². The van der Waals surface area contributed by atoms with E-state index in [-0.39, 0.29) is 4.90 Å². The smallest absolute Gasteiger partial charge is 0.322 e. The van der Waals surface area contributed by atoms with Crippen molar-refractivity contribution in [2.75, 3.05) is 5.75 Å². The highest BCUT2D eigenvalue weighted by Gasteiger charge is 2.25. The quantitative estimate of drug-likeness (QED) is 0.511. The summed E-state index contributed by atoms with van der Waals surface area (Å²) in [6.45, 7) is 6.83. The van der Waals surface area contributed by atoms with E-state index in [1.807, 2.05) is 24.3 Å². The van der Waals surface area contributed by atoms with Crippen molar-refractivity contribution in [2.24, 2.45) is 0 Å². The summed E-state index contributed by atoms with van der Waals surface area (Å²) >= 11 is 3.38. The van der Waals surface area contributed by atoms with Gasteiger partial charge in [-0.3, -0.25) is 4.79 Å². The van der Waals surface area contributed by atoms with E-state index < -0.39 is 27.2 Å². The van der Waals surface area contributed by atoms with Crippen LogP contribution in [0.5, 0.6) is 0 Å². The van der Waals surface area contributed by atoms with Gasteiger partial charge in [0, 0.05) is 4.47 Å². The van der Waals surface area contributed by atoms with Crippen LogP contribution in [0.25, 0.3) is 11.1 Å². The van der Waals surface area contributed by atoms with E-state index in [2.05, 4.69) is 22.5 Å². The minimum atomic E-state index is -3.76. The van der Waals surface area contributed by atoms with Crippen LogP contribution in [0.1, 0.15) is 13.8 Å². The maximum Gasteiger partial charge on any atom is 0.322 e. The lowest BCUT2D eigenvalue weighted by molar-refractivity contribution is -0.149. The Morgan fingerprint density at radius 3 is 2.04 bits per heavy atom. The Morgan fingerprint density at radius 1 is 1.08 bits per heavy atom. The van der Waals surface area contributed by atoms with E-state index in [4.69, 9.17) is 4.74 Å². The summed E-state index contributed by atoms with van der Waals surface area (Å²) in [7, 11) is -3.76. The zero-order chi connectivity index (χ0) is 18.7. The lowest BCUT2D eigenvalue weighted by atomic mass is 10.1. The summed E-state index contributed by atoms with van der Waals surface area (Å²) in [5.41, 5.74) is 0.957. The third-order valence-electron chi connectivity index (χ3n) is 3.57. The number of hydrogen-bond donors (Lipinski definition) is 0. The van der Waals surface area contributed by atoms with E-state index in [9.17, 15) is 13.2 Å². The standard InChI is InChI=1S/C19H19BrO4S/c1-4-19(2,3)24-18(21)13-25(22,23)17-11-7-15(8-12-17)14-5-9-16(20)10-6-14/h4-12H,1,13H2,2-3H3. The number of carbonyl (C=O) groups is 1. The van der Waals surface area contributed by atoms with Gasteiger partial charge in [-0.2, -0.15) is 0 Å². The highest BCUT2D eigenvalue weighted by molar-refractivity contribution is 9.10. The molecule has 0 aromatic heterocycles. The first-order valence-electron chi connectivity index (χ1n) is 7.57. The lowest BCUT2D eigenvalue weighted by Gasteiger charge is -2.20. The van der Waals surface area contributed by atoms with Crippen LogP contribution in [0.2, 0.25) is 0 Å². The SMILES string of the molecule is C=CC(C)(C)OC(=O)CS(=O)(=O)c1ccc(-c2ccc(Br)cc2)cc1. The van der Waals surface area contributed by atoms with Gasteiger partial charge in [0.15, 0.2) is 15.6 Å². The predicted octanol–water partition coefficient (Wildman–Crippen LogP) is 4.40. The lowest BCUT2D eigenvalue weighted by Crippen LogP contribution is -2.29. The molecule has 2 rings (SSSR count). The Hall–Kier alpha value is -1.92. The molecule has 0 bridgehead atoms. The second kappa shape index (κ2) is 7.54. The highest BCUT2D eigenvalue weighted by atomic mass is 79.9. The molecular formula is C19H19BrO4S. The molecule has 0 atom stereocenters. The zero-order valence-electron chi connectivity index (χ0n) is 14.0. The Bertz CT molecular complexity index is 867. The maximum atomic E-state index is 12.4. The molecule has 0 unspecified atom stereocenters. The minimum absolute atomic E-state index is 0.0849. The molecule has 0 aliphatic rings. The van der Waals surface area contributed by atoms with Crippen molar-refractivity contribution in [3.63, 3.8) is 0 Å². The first-order chi connectivity index (χ1) is 11.6. The summed E-state index contributed by atoms with van der Waals surface area (Å²) < 4.78 is 30.8. The largest absolute Gasteiger partial charge is 0.455 e. The van der Waals surface area contributed by atoms with Gasteiger partial charge in [-0.15, -0.1) is 0 Å². The van der Waals surface area contributed by atoms with Crippen LogP contribution >= 0.6 is 15.9 Å². The molecule has 0 saturated carbocycles. The van der Waals surface area contributed by atoms with Crippen molar-refractivity contribution in [3.8, 4) is 11.1 Å². The van der Waals surface area contributed by atoms with Crippen LogP contribution in [0, 0.1) is 0 Å². The molecule has 0 fully saturated rings. The normalized spacial score (nSPS) is 11.8. The van der Waals surface area contributed by atoms with Gasteiger partial charge in [0.25, 0.3) is 0 Å². The Morgan fingerprint density at radius 2 is 1.56 bits per heavy atom. The zero-order valence-corrected chi connectivity index (χ0v) is 16.4. The van der Waals surface area contributed by atoms with Gasteiger partial charge in [-0.05, 0) is 55.3 Å². The van der Waals surface area contributed by atoms with Crippen molar-refractivity contribution >= 4 is 31.7 Å². The van der Waals surface area contributed by atoms with Crippen molar-refractivity contribution < 1.29 is 17.9 Å². The van der Waals surface area contributed by atoms with Crippen LogP contribution in [0.15, 0.2) is 70.6 Å². The number of halogens is 1. The van der Waals surface area contributed by atoms with E-state index in [0.717, 1.165) is 15.6 Å². The summed E-state index contributed by atoms with van der Waals surface area (Å²) in [6.07, 6.45) is 1.45. The molecule has 2 aromatic carbocycles. The maximum absolute atomic E-state index is 12.4. The van der Waals surface area contributed by atoms with E-state index in [0.29, 0.717) is 0 Å². The van der Waals surface area contributed by atoms with Crippen LogP contribution in [0.3, 0.4) is 0 Å². The molecule has 2 aromatic rings. The number of esters is 1. The molecule has 0 aliphatic heterocycles.